The summed E-state index contributed by atoms with van der Waals surface area (Å²) in [5.41, 5.74) is 2.66. The van der Waals surface area contributed by atoms with Crippen LogP contribution in [-0.4, -0.2) is 54.9 Å². The van der Waals surface area contributed by atoms with Gasteiger partial charge in [0.05, 0.1) is 5.75 Å². The summed E-state index contributed by atoms with van der Waals surface area (Å²) in [4.78, 5) is 2.56. The van der Waals surface area contributed by atoms with Crippen LogP contribution in [0.25, 0.3) is 0 Å². The summed E-state index contributed by atoms with van der Waals surface area (Å²) in [7, 11) is -3.23. The number of nitrogens with zero attached hydrogens (tertiary/aromatic N) is 2. The van der Waals surface area contributed by atoms with E-state index in [0.717, 1.165) is 43.8 Å². The zero-order valence-corrected chi connectivity index (χ0v) is 17.2. The first-order valence-corrected chi connectivity index (χ1v) is 12.1. The molecule has 26 heavy (non-hydrogen) atoms. The van der Waals surface area contributed by atoms with Crippen LogP contribution in [0, 0.1) is 5.92 Å². The van der Waals surface area contributed by atoms with Gasteiger partial charge in [-0.1, -0.05) is 17.7 Å². The van der Waals surface area contributed by atoms with Crippen LogP contribution in [0.3, 0.4) is 0 Å². The molecule has 0 aromatic heterocycles. The van der Waals surface area contributed by atoms with Crippen molar-refractivity contribution in [2.24, 2.45) is 5.92 Å². The normalized spacial score (nSPS) is 29.7. The van der Waals surface area contributed by atoms with E-state index in [4.69, 9.17) is 23.2 Å². The predicted molar refractivity (Wildman–Crippen MR) is 106 cm³/mol. The molecule has 0 amide bonds. The predicted octanol–water partition coefficient (Wildman–Crippen LogP) is 3.68. The maximum Gasteiger partial charge on any atom is 0.214 e. The molecule has 3 aliphatic heterocycles. The lowest BCUT2D eigenvalue weighted by Gasteiger charge is -2.51. The quantitative estimate of drug-likeness (QED) is 0.702. The van der Waals surface area contributed by atoms with E-state index >= 15 is 0 Å². The molecule has 7 heteroatoms. The minimum absolute atomic E-state index is 0.118. The highest BCUT2D eigenvalue weighted by Crippen LogP contribution is 2.44. The molecule has 3 heterocycles. The molecule has 0 spiro atoms. The number of rotatable bonds is 4. The van der Waals surface area contributed by atoms with Crippen molar-refractivity contribution in [3.8, 4) is 0 Å². The van der Waals surface area contributed by atoms with Crippen LogP contribution in [0.15, 0.2) is 18.2 Å². The van der Waals surface area contributed by atoms with Gasteiger partial charge in [-0.2, -0.15) is 4.31 Å². The highest BCUT2D eigenvalue weighted by atomic mass is 35.5. The smallest absolute Gasteiger partial charge is 0.214 e. The van der Waals surface area contributed by atoms with Crippen LogP contribution in [0.5, 0.6) is 0 Å². The average Bonchev–Trinajstić information content (AvgIpc) is 2.64. The second-order valence-electron chi connectivity index (χ2n) is 7.78. The number of hydrogen-bond donors (Lipinski definition) is 0. The number of alkyl halides is 1. The zero-order chi connectivity index (χ0) is 18.3. The first-order chi connectivity index (χ1) is 12.5. The summed E-state index contributed by atoms with van der Waals surface area (Å²) in [6, 6.07) is 6.61. The van der Waals surface area contributed by atoms with E-state index in [2.05, 4.69) is 17.0 Å². The van der Waals surface area contributed by atoms with Gasteiger partial charge < -0.3 is 0 Å². The van der Waals surface area contributed by atoms with Crippen molar-refractivity contribution in [3.63, 3.8) is 0 Å². The van der Waals surface area contributed by atoms with Gasteiger partial charge in [0.2, 0.25) is 10.0 Å². The van der Waals surface area contributed by atoms with Crippen molar-refractivity contribution in [1.82, 2.24) is 9.21 Å². The highest BCUT2D eigenvalue weighted by Gasteiger charge is 2.45. The molecule has 2 fully saturated rings. The SMILES string of the molecule is O=S(=O)(CCCCl)N1CCC[C@@H]2CN3CCc4cc(Cl)ccc4[C@@H]3C[C@@H]21. The number of benzene rings is 1. The fraction of sp³-hybridized carbons (Fsp3) is 0.684. The zero-order valence-electron chi connectivity index (χ0n) is 14.9. The van der Waals surface area contributed by atoms with Crippen molar-refractivity contribution >= 4 is 33.2 Å². The monoisotopic (exact) mass is 416 g/mol. The van der Waals surface area contributed by atoms with Crippen molar-refractivity contribution in [2.75, 3.05) is 31.3 Å². The highest BCUT2D eigenvalue weighted by molar-refractivity contribution is 7.89. The largest absolute Gasteiger partial charge is 0.296 e. The van der Waals surface area contributed by atoms with Crippen molar-refractivity contribution in [1.29, 1.82) is 0 Å². The Balaban J connectivity index is 1.61. The first-order valence-electron chi connectivity index (χ1n) is 9.57. The molecule has 3 atom stereocenters. The lowest BCUT2D eigenvalue weighted by atomic mass is 9.77. The lowest BCUT2D eigenvalue weighted by Crippen LogP contribution is -2.57. The van der Waals surface area contributed by atoms with Crippen LogP contribution < -0.4 is 0 Å². The summed E-state index contributed by atoms with van der Waals surface area (Å²) >= 11 is 11.9. The van der Waals surface area contributed by atoms with E-state index < -0.39 is 10.0 Å². The Kier molecular flexibility index (Phi) is 5.55. The van der Waals surface area contributed by atoms with Gasteiger partial charge in [0, 0.05) is 42.6 Å². The first kappa shape index (κ1) is 19.0. The molecule has 0 bridgehead atoms. The summed E-state index contributed by atoms with van der Waals surface area (Å²) in [6.45, 7) is 2.70. The van der Waals surface area contributed by atoms with E-state index in [1.807, 2.05) is 10.4 Å². The Morgan fingerprint density at radius 2 is 2.08 bits per heavy atom. The standard InChI is InChI=1S/C19H26Cl2N2O2S/c20-7-2-10-26(24,25)23-8-1-3-15-13-22-9-6-14-11-16(21)4-5-17(14)19(22)12-18(15)23/h4-5,11,15,18-19H,1-3,6-10,12-13H2/t15-,18+,19+/m1/s1. The summed E-state index contributed by atoms with van der Waals surface area (Å²) in [5.74, 6) is 1.01. The Bertz CT molecular complexity index is 771. The van der Waals surface area contributed by atoms with E-state index in [1.165, 1.54) is 11.1 Å². The van der Waals surface area contributed by atoms with Crippen LogP contribution in [0.4, 0.5) is 0 Å². The van der Waals surface area contributed by atoms with E-state index in [-0.39, 0.29) is 11.8 Å². The van der Waals surface area contributed by atoms with Crippen molar-refractivity contribution < 1.29 is 8.42 Å². The van der Waals surface area contributed by atoms with E-state index in [0.29, 0.717) is 30.8 Å². The Labute approximate surface area is 166 Å². The number of piperidine rings is 2. The molecule has 0 unspecified atom stereocenters. The molecule has 3 aliphatic rings. The molecule has 2 saturated heterocycles. The van der Waals surface area contributed by atoms with Crippen LogP contribution in [0.1, 0.15) is 42.9 Å². The fourth-order valence-corrected chi connectivity index (χ4v) is 7.39. The summed E-state index contributed by atoms with van der Waals surface area (Å²) < 4.78 is 27.6. The number of fused-ring (bicyclic) bond motifs is 4. The third-order valence-electron chi connectivity index (χ3n) is 6.27. The van der Waals surface area contributed by atoms with Crippen LogP contribution in [0.2, 0.25) is 5.02 Å². The second-order valence-corrected chi connectivity index (χ2v) is 10.6. The molecule has 4 rings (SSSR count). The van der Waals surface area contributed by atoms with Gasteiger partial charge in [0.15, 0.2) is 0 Å². The van der Waals surface area contributed by atoms with Gasteiger partial charge in [0.25, 0.3) is 0 Å². The van der Waals surface area contributed by atoms with Gasteiger partial charge in [-0.3, -0.25) is 4.90 Å². The summed E-state index contributed by atoms with van der Waals surface area (Å²) in [5, 5.41) is 0.786. The minimum atomic E-state index is -3.23. The molecule has 144 valence electrons. The van der Waals surface area contributed by atoms with Gasteiger partial charge in [0.1, 0.15) is 0 Å². The molecular weight excluding hydrogens is 391 g/mol. The van der Waals surface area contributed by atoms with E-state index in [1.54, 1.807) is 0 Å². The molecule has 0 N–H and O–H groups in total. The molecule has 4 nitrogen and oxygen atoms in total. The average molecular weight is 417 g/mol. The number of hydrogen-bond acceptors (Lipinski definition) is 3. The lowest BCUT2D eigenvalue weighted by molar-refractivity contribution is 0.0220. The van der Waals surface area contributed by atoms with E-state index in [9.17, 15) is 8.42 Å². The van der Waals surface area contributed by atoms with Crippen LogP contribution >= 0.6 is 23.2 Å². The van der Waals surface area contributed by atoms with Gasteiger partial charge in [-0.25, -0.2) is 8.42 Å². The third-order valence-corrected chi connectivity index (χ3v) is 8.74. The fourth-order valence-electron chi connectivity index (χ4n) is 5.08. The summed E-state index contributed by atoms with van der Waals surface area (Å²) in [6.07, 6.45) is 4.53. The number of sulfonamides is 1. The van der Waals surface area contributed by atoms with Crippen molar-refractivity contribution in [3.05, 3.63) is 34.3 Å². The number of halogens is 2. The minimum Gasteiger partial charge on any atom is -0.296 e. The maximum absolute atomic E-state index is 12.9. The molecule has 1 aromatic rings. The molecular formula is C19H26Cl2N2O2S. The molecule has 1 aromatic carbocycles. The van der Waals surface area contributed by atoms with Gasteiger partial charge >= 0.3 is 0 Å². The maximum atomic E-state index is 12.9. The second kappa shape index (κ2) is 7.59. The molecule has 0 saturated carbocycles. The molecule has 0 radical (unpaired) electrons. The Morgan fingerprint density at radius 3 is 2.88 bits per heavy atom. The van der Waals surface area contributed by atoms with Crippen molar-refractivity contribution in [2.45, 2.75) is 44.2 Å². The topological polar surface area (TPSA) is 40.6 Å². The van der Waals surface area contributed by atoms with Gasteiger partial charge in [-0.15, -0.1) is 11.6 Å². The Hall–Kier alpha value is -0.330. The Morgan fingerprint density at radius 1 is 1.23 bits per heavy atom. The van der Waals surface area contributed by atoms with Crippen LogP contribution in [-0.2, 0) is 16.4 Å². The third kappa shape index (κ3) is 3.53. The molecule has 0 aliphatic carbocycles. The van der Waals surface area contributed by atoms with Gasteiger partial charge in [-0.05, 0) is 61.3 Å².